The largest absolute Gasteiger partial charge is 0.381 e. The molecule has 4 heteroatoms. The highest BCUT2D eigenvalue weighted by molar-refractivity contribution is 5.16. The molecule has 78 valence electrons. The molecule has 4 nitrogen and oxygen atoms in total. The third kappa shape index (κ3) is 1.44. The minimum atomic E-state index is -0.847. The average Bonchev–Trinajstić information content (AvgIpc) is 2.90. The van der Waals surface area contributed by atoms with Crippen molar-refractivity contribution in [2.75, 3.05) is 13.7 Å². The van der Waals surface area contributed by atoms with Crippen molar-refractivity contribution in [3.8, 4) is 0 Å². The summed E-state index contributed by atoms with van der Waals surface area (Å²) in [6, 6.07) is 1.86. The van der Waals surface area contributed by atoms with Crippen LogP contribution in [0, 0.1) is 5.92 Å². The molecule has 1 fully saturated rings. The molecule has 14 heavy (non-hydrogen) atoms. The lowest BCUT2D eigenvalue weighted by Gasteiger charge is -2.27. The molecule has 1 aromatic heterocycles. The Labute approximate surface area is 83.5 Å². The van der Waals surface area contributed by atoms with E-state index in [9.17, 15) is 5.11 Å². The fourth-order valence-corrected chi connectivity index (χ4v) is 1.98. The molecule has 0 bridgehead atoms. The molecule has 0 saturated heterocycles. The summed E-state index contributed by atoms with van der Waals surface area (Å²) in [5.74, 6) is 0.331. The number of aromatic nitrogens is 2. The minimum absolute atomic E-state index is 0.331. The van der Waals surface area contributed by atoms with Gasteiger partial charge in [0, 0.05) is 20.4 Å². The molecule has 0 aliphatic heterocycles. The van der Waals surface area contributed by atoms with Crippen molar-refractivity contribution in [3.63, 3.8) is 0 Å². The highest BCUT2D eigenvalue weighted by Gasteiger charge is 2.46. The van der Waals surface area contributed by atoms with Crippen LogP contribution in [0.15, 0.2) is 12.3 Å². The molecule has 1 aliphatic carbocycles. The molecule has 0 aromatic carbocycles. The van der Waals surface area contributed by atoms with Gasteiger partial charge in [-0.3, -0.25) is 4.68 Å². The summed E-state index contributed by atoms with van der Waals surface area (Å²) in [5, 5.41) is 14.6. The van der Waals surface area contributed by atoms with Crippen molar-refractivity contribution < 1.29 is 9.84 Å². The van der Waals surface area contributed by atoms with Crippen LogP contribution in [0.2, 0.25) is 0 Å². The van der Waals surface area contributed by atoms with E-state index in [0.717, 1.165) is 18.5 Å². The maximum atomic E-state index is 10.5. The Morgan fingerprint density at radius 2 is 2.43 bits per heavy atom. The van der Waals surface area contributed by atoms with Crippen LogP contribution in [0.1, 0.15) is 18.5 Å². The number of ether oxygens (including phenoxy) is 1. The zero-order valence-corrected chi connectivity index (χ0v) is 8.60. The van der Waals surface area contributed by atoms with Gasteiger partial charge in [0.1, 0.15) is 5.60 Å². The molecule has 0 amide bonds. The second kappa shape index (κ2) is 3.37. The van der Waals surface area contributed by atoms with Crippen molar-refractivity contribution in [1.29, 1.82) is 0 Å². The number of hydrogen-bond donors (Lipinski definition) is 1. The lowest BCUT2D eigenvalue weighted by Crippen LogP contribution is -2.35. The SMILES string of the molecule is COCC(O)(c1ccnn1C)C1CC1. The first kappa shape index (κ1) is 9.68. The molecule has 1 atom stereocenters. The summed E-state index contributed by atoms with van der Waals surface area (Å²) < 4.78 is 6.82. The van der Waals surface area contributed by atoms with Crippen LogP contribution >= 0.6 is 0 Å². The molecule has 1 aromatic rings. The normalized spacial score (nSPS) is 20.8. The molecule has 2 rings (SSSR count). The number of methoxy groups -OCH3 is 1. The predicted molar refractivity (Wildman–Crippen MR) is 51.7 cm³/mol. The number of nitrogens with zero attached hydrogens (tertiary/aromatic N) is 2. The molecular weight excluding hydrogens is 180 g/mol. The maximum Gasteiger partial charge on any atom is 0.132 e. The zero-order valence-electron chi connectivity index (χ0n) is 8.60. The van der Waals surface area contributed by atoms with E-state index < -0.39 is 5.60 Å². The number of aryl methyl sites for hydroxylation is 1. The van der Waals surface area contributed by atoms with Gasteiger partial charge in [0.05, 0.1) is 12.3 Å². The quantitative estimate of drug-likeness (QED) is 0.769. The lowest BCUT2D eigenvalue weighted by atomic mass is 9.94. The van der Waals surface area contributed by atoms with Crippen molar-refractivity contribution in [3.05, 3.63) is 18.0 Å². The zero-order chi connectivity index (χ0) is 10.2. The number of aliphatic hydroxyl groups is 1. The molecular formula is C10H16N2O2. The van der Waals surface area contributed by atoms with E-state index in [1.54, 1.807) is 18.0 Å². The Balaban J connectivity index is 2.30. The smallest absolute Gasteiger partial charge is 0.132 e. The first-order chi connectivity index (χ1) is 6.68. The standard InChI is InChI=1S/C10H16N2O2/c1-12-9(5-6-11-12)10(13,7-14-2)8-3-4-8/h5-6,8,13H,3-4,7H2,1-2H3. The first-order valence-corrected chi connectivity index (χ1v) is 4.88. The summed E-state index contributed by atoms with van der Waals surface area (Å²) in [7, 11) is 3.46. The Bertz CT molecular complexity index is 320. The molecule has 1 heterocycles. The fourth-order valence-electron chi connectivity index (χ4n) is 1.98. The summed E-state index contributed by atoms with van der Waals surface area (Å²) in [6.07, 6.45) is 3.86. The molecule has 0 radical (unpaired) electrons. The van der Waals surface area contributed by atoms with Gasteiger partial charge in [0.2, 0.25) is 0 Å². The molecule has 1 saturated carbocycles. The van der Waals surface area contributed by atoms with E-state index in [1.807, 2.05) is 13.1 Å². The average molecular weight is 196 g/mol. The van der Waals surface area contributed by atoms with Gasteiger partial charge in [-0.25, -0.2) is 0 Å². The van der Waals surface area contributed by atoms with Crippen LogP contribution in [0.4, 0.5) is 0 Å². The number of hydrogen-bond acceptors (Lipinski definition) is 3. The second-order valence-corrected chi connectivity index (χ2v) is 3.97. The molecule has 0 spiro atoms. The van der Waals surface area contributed by atoms with Gasteiger partial charge in [-0.05, 0) is 24.8 Å². The second-order valence-electron chi connectivity index (χ2n) is 3.97. The highest BCUT2D eigenvalue weighted by atomic mass is 16.5. The van der Waals surface area contributed by atoms with Gasteiger partial charge in [0.25, 0.3) is 0 Å². The van der Waals surface area contributed by atoms with E-state index in [2.05, 4.69) is 5.10 Å². The minimum Gasteiger partial charge on any atom is -0.381 e. The molecule has 1 unspecified atom stereocenters. The van der Waals surface area contributed by atoms with E-state index in [4.69, 9.17) is 4.74 Å². The monoisotopic (exact) mass is 196 g/mol. The number of rotatable bonds is 4. The summed E-state index contributed by atoms with van der Waals surface area (Å²) in [5.41, 5.74) is 0.00171. The fraction of sp³-hybridized carbons (Fsp3) is 0.700. The van der Waals surface area contributed by atoms with Gasteiger partial charge in [0.15, 0.2) is 0 Å². The van der Waals surface area contributed by atoms with Crippen LogP contribution in [0.5, 0.6) is 0 Å². The Kier molecular flexibility index (Phi) is 2.33. The van der Waals surface area contributed by atoms with Crippen molar-refractivity contribution in [2.24, 2.45) is 13.0 Å². The molecule has 1 N–H and O–H groups in total. The van der Waals surface area contributed by atoms with Gasteiger partial charge < -0.3 is 9.84 Å². The summed E-state index contributed by atoms with van der Waals surface area (Å²) >= 11 is 0. The third-order valence-electron chi connectivity index (χ3n) is 2.88. The lowest BCUT2D eigenvalue weighted by molar-refractivity contribution is -0.0588. The van der Waals surface area contributed by atoms with Crippen molar-refractivity contribution in [1.82, 2.24) is 9.78 Å². The van der Waals surface area contributed by atoms with E-state index >= 15 is 0 Å². The van der Waals surface area contributed by atoms with Crippen LogP contribution in [0.3, 0.4) is 0 Å². The van der Waals surface area contributed by atoms with Crippen LogP contribution in [-0.4, -0.2) is 28.6 Å². The first-order valence-electron chi connectivity index (χ1n) is 4.88. The summed E-state index contributed by atoms with van der Waals surface area (Å²) in [4.78, 5) is 0. The topological polar surface area (TPSA) is 47.3 Å². The van der Waals surface area contributed by atoms with Gasteiger partial charge in [-0.2, -0.15) is 5.10 Å². The Hall–Kier alpha value is -0.870. The van der Waals surface area contributed by atoms with Crippen LogP contribution < -0.4 is 0 Å². The summed E-state index contributed by atoms with van der Waals surface area (Å²) in [6.45, 7) is 0.344. The predicted octanol–water partition coefficient (Wildman–Crippen LogP) is 0.664. The van der Waals surface area contributed by atoms with E-state index in [1.165, 1.54) is 0 Å². The van der Waals surface area contributed by atoms with Crippen LogP contribution in [0.25, 0.3) is 0 Å². The van der Waals surface area contributed by atoms with Crippen LogP contribution in [-0.2, 0) is 17.4 Å². The Morgan fingerprint density at radius 1 is 1.71 bits per heavy atom. The van der Waals surface area contributed by atoms with E-state index in [-0.39, 0.29) is 0 Å². The van der Waals surface area contributed by atoms with Gasteiger partial charge in [-0.1, -0.05) is 0 Å². The van der Waals surface area contributed by atoms with E-state index in [0.29, 0.717) is 12.5 Å². The maximum absolute atomic E-state index is 10.5. The highest BCUT2D eigenvalue weighted by Crippen LogP contribution is 2.45. The van der Waals surface area contributed by atoms with Gasteiger partial charge >= 0.3 is 0 Å². The van der Waals surface area contributed by atoms with Crippen molar-refractivity contribution >= 4 is 0 Å². The van der Waals surface area contributed by atoms with Crippen molar-refractivity contribution in [2.45, 2.75) is 18.4 Å². The third-order valence-corrected chi connectivity index (χ3v) is 2.88. The Morgan fingerprint density at radius 3 is 2.86 bits per heavy atom. The molecule has 1 aliphatic rings. The van der Waals surface area contributed by atoms with Gasteiger partial charge in [-0.15, -0.1) is 0 Å².